The number of ether oxygens (including phenoxy) is 1. The molecule has 4 aromatic heterocycles. The first-order valence-electron chi connectivity index (χ1n) is 8.12. The van der Waals surface area contributed by atoms with E-state index in [2.05, 4.69) is 46.2 Å². The lowest BCUT2D eigenvalue weighted by atomic mass is 9.85. The van der Waals surface area contributed by atoms with Gasteiger partial charge in [0.25, 0.3) is 0 Å². The Bertz CT molecular complexity index is 1140. The molecule has 10 nitrogen and oxygen atoms in total. The molecule has 0 aromatic carbocycles. The fraction of sp³-hybridized carbons (Fsp3) is 0.375. The molecule has 0 radical (unpaired) electrons. The van der Waals surface area contributed by atoms with E-state index in [4.69, 9.17) is 26.0 Å². The summed E-state index contributed by atoms with van der Waals surface area (Å²) in [6.07, 6.45) is 1.62. The molecule has 0 amide bonds. The summed E-state index contributed by atoms with van der Waals surface area (Å²) in [5, 5.41) is 21.6. The zero-order chi connectivity index (χ0) is 19.3. The Hall–Kier alpha value is -3.01. The zero-order valence-corrected chi connectivity index (χ0v) is 16.2. The van der Waals surface area contributed by atoms with E-state index < -0.39 is 0 Å². The molecule has 27 heavy (non-hydrogen) atoms. The molecule has 0 N–H and O–H groups in total. The van der Waals surface area contributed by atoms with Gasteiger partial charge in [-0.3, -0.25) is 4.68 Å². The van der Waals surface area contributed by atoms with E-state index in [1.165, 1.54) is 4.52 Å². The lowest BCUT2D eigenvalue weighted by Crippen LogP contribution is -2.18. The molecule has 11 heteroatoms. The Morgan fingerprint density at radius 3 is 2.52 bits per heavy atom. The van der Waals surface area contributed by atoms with E-state index in [1.54, 1.807) is 31.2 Å². The maximum Gasteiger partial charge on any atom is 0.226 e. The average Bonchev–Trinajstić information content (AvgIpc) is 3.31. The first kappa shape index (κ1) is 17.4. The van der Waals surface area contributed by atoms with Gasteiger partial charge in [0.2, 0.25) is 22.5 Å². The van der Waals surface area contributed by atoms with Crippen LogP contribution in [0.25, 0.3) is 28.7 Å². The van der Waals surface area contributed by atoms with Gasteiger partial charge in [-0.25, -0.2) is 4.98 Å². The van der Waals surface area contributed by atoms with Crippen LogP contribution in [0.3, 0.4) is 0 Å². The normalized spacial score (nSPS) is 12.1. The van der Waals surface area contributed by atoms with Gasteiger partial charge >= 0.3 is 0 Å². The van der Waals surface area contributed by atoms with Crippen molar-refractivity contribution < 1.29 is 9.26 Å². The highest BCUT2D eigenvalue weighted by Gasteiger charge is 2.31. The number of fused-ring (bicyclic) bond motifs is 1. The van der Waals surface area contributed by atoms with E-state index in [-0.39, 0.29) is 10.6 Å². The van der Waals surface area contributed by atoms with Gasteiger partial charge in [-0.05, 0) is 17.0 Å². The van der Waals surface area contributed by atoms with E-state index in [9.17, 15) is 0 Å². The Morgan fingerprint density at radius 2 is 1.96 bits per heavy atom. The van der Waals surface area contributed by atoms with Crippen molar-refractivity contribution in [3.05, 3.63) is 23.2 Å². The summed E-state index contributed by atoms with van der Waals surface area (Å²) < 4.78 is 13.8. The van der Waals surface area contributed by atoms with Crippen LogP contribution in [0.2, 0.25) is 5.22 Å². The molecule has 0 atom stereocenters. The number of hydrogen-bond acceptors (Lipinski definition) is 8. The van der Waals surface area contributed by atoms with Gasteiger partial charge in [0.15, 0.2) is 11.4 Å². The topological polar surface area (TPSA) is 109 Å². The molecule has 0 spiro atoms. The number of nitrogens with zero attached hydrogens (tertiary/aromatic N) is 8. The smallest absolute Gasteiger partial charge is 0.226 e. The third-order valence-corrected chi connectivity index (χ3v) is 4.16. The number of methoxy groups -OCH3 is 1. The van der Waals surface area contributed by atoms with Gasteiger partial charge in [0.05, 0.1) is 7.11 Å². The van der Waals surface area contributed by atoms with Crippen LogP contribution in [0.1, 0.15) is 26.3 Å². The predicted molar refractivity (Wildman–Crippen MR) is 96.5 cm³/mol. The molecular weight excluding hydrogens is 372 g/mol. The lowest BCUT2D eigenvalue weighted by molar-refractivity contribution is 0.398. The minimum Gasteiger partial charge on any atom is -0.492 e. The highest BCUT2D eigenvalue weighted by atomic mass is 35.5. The molecule has 4 heterocycles. The Kier molecular flexibility index (Phi) is 3.88. The van der Waals surface area contributed by atoms with Crippen molar-refractivity contribution in [2.75, 3.05) is 7.11 Å². The molecule has 0 saturated carbocycles. The van der Waals surface area contributed by atoms with Gasteiger partial charge < -0.3 is 9.26 Å². The molecular formula is C16H17ClN8O2. The van der Waals surface area contributed by atoms with Crippen LogP contribution in [0, 0.1) is 0 Å². The third-order valence-electron chi connectivity index (χ3n) is 3.98. The van der Waals surface area contributed by atoms with Crippen LogP contribution in [-0.2, 0) is 12.5 Å². The predicted octanol–water partition coefficient (Wildman–Crippen LogP) is 2.53. The molecule has 0 aliphatic rings. The number of halogens is 1. The van der Waals surface area contributed by atoms with Gasteiger partial charge in [-0.1, -0.05) is 25.9 Å². The summed E-state index contributed by atoms with van der Waals surface area (Å²) in [5.41, 5.74) is 1.96. The minimum atomic E-state index is -0.308. The zero-order valence-electron chi connectivity index (χ0n) is 15.4. The molecule has 0 bridgehead atoms. The molecule has 0 fully saturated rings. The maximum atomic E-state index is 5.85. The van der Waals surface area contributed by atoms with Crippen LogP contribution >= 0.6 is 11.6 Å². The van der Waals surface area contributed by atoms with Crippen molar-refractivity contribution >= 4 is 17.2 Å². The first-order valence-corrected chi connectivity index (χ1v) is 8.50. The number of aryl methyl sites for hydroxylation is 1. The molecule has 4 aromatic rings. The third kappa shape index (κ3) is 2.81. The monoisotopic (exact) mass is 388 g/mol. The second kappa shape index (κ2) is 6.02. The fourth-order valence-electron chi connectivity index (χ4n) is 2.90. The van der Waals surface area contributed by atoms with Crippen LogP contribution in [0.15, 0.2) is 16.9 Å². The van der Waals surface area contributed by atoms with Crippen molar-refractivity contribution in [2.24, 2.45) is 7.05 Å². The van der Waals surface area contributed by atoms with Crippen molar-refractivity contribution in [1.29, 1.82) is 0 Å². The molecule has 0 aliphatic heterocycles. The Balaban J connectivity index is 2.09. The Morgan fingerprint density at radius 1 is 1.19 bits per heavy atom. The number of aromatic nitrogens is 8. The quantitative estimate of drug-likeness (QED) is 0.526. The van der Waals surface area contributed by atoms with Gasteiger partial charge in [-0.2, -0.15) is 9.61 Å². The van der Waals surface area contributed by atoms with Crippen molar-refractivity contribution in [3.8, 4) is 28.8 Å². The summed E-state index contributed by atoms with van der Waals surface area (Å²) >= 11 is 5.85. The summed E-state index contributed by atoms with van der Waals surface area (Å²) in [4.78, 5) is 4.36. The molecule has 4 rings (SSSR count). The van der Waals surface area contributed by atoms with Crippen LogP contribution in [-0.4, -0.2) is 46.8 Å². The standard InChI is InChI=1S/C16H17ClN8O2/c1-16(2,3)10-11(13-18-7-24(4)22-13)21-25-14(8-6-9(17)27-23-8)19-20-15(25)12(10)26-5/h6-7H,1-5H3. The highest BCUT2D eigenvalue weighted by Crippen LogP contribution is 2.40. The highest BCUT2D eigenvalue weighted by molar-refractivity contribution is 6.29. The summed E-state index contributed by atoms with van der Waals surface area (Å²) in [7, 11) is 3.38. The Labute approximate surface area is 159 Å². The van der Waals surface area contributed by atoms with Gasteiger partial charge in [0, 0.05) is 18.7 Å². The summed E-state index contributed by atoms with van der Waals surface area (Å²) in [6, 6.07) is 1.54. The van der Waals surface area contributed by atoms with E-state index >= 15 is 0 Å². The number of hydrogen-bond donors (Lipinski definition) is 0. The SMILES string of the molecule is COc1c(C(C)(C)C)c(-c2ncn(C)n2)nn2c(-c3cc(Cl)on3)nnc12. The molecule has 0 saturated heterocycles. The van der Waals surface area contributed by atoms with E-state index in [0.717, 1.165) is 5.56 Å². The van der Waals surface area contributed by atoms with Crippen molar-refractivity contribution in [1.82, 2.24) is 39.7 Å². The van der Waals surface area contributed by atoms with Crippen LogP contribution < -0.4 is 4.74 Å². The van der Waals surface area contributed by atoms with Crippen LogP contribution in [0.5, 0.6) is 5.75 Å². The van der Waals surface area contributed by atoms with E-state index in [1.807, 2.05) is 0 Å². The largest absolute Gasteiger partial charge is 0.492 e. The lowest BCUT2D eigenvalue weighted by Gasteiger charge is -2.24. The second-order valence-corrected chi connectivity index (χ2v) is 7.40. The van der Waals surface area contributed by atoms with Gasteiger partial charge in [-0.15, -0.1) is 15.3 Å². The molecule has 0 aliphatic carbocycles. The van der Waals surface area contributed by atoms with Crippen LogP contribution in [0.4, 0.5) is 0 Å². The minimum absolute atomic E-state index is 0.145. The maximum absolute atomic E-state index is 5.85. The van der Waals surface area contributed by atoms with Crippen molar-refractivity contribution in [3.63, 3.8) is 0 Å². The van der Waals surface area contributed by atoms with Crippen molar-refractivity contribution in [2.45, 2.75) is 26.2 Å². The number of rotatable bonds is 3. The molecule has 140 valence electrons. The fourth-order valence-corrected chi connectivity index (χ4v) is 3.03. The van der Waals surface area contributed by atoms with Gasteiger partial charge in [0.1, 0.15) is 12.0 Å². The first-order chi connectivity index (χ1) is 12.8. The molecule has 0 unspecified atom stereocenters. The second-order valence-electron chi connectivity index (χ2n) is 7.02. The summed E-state index contributed by atoms with van der Waals surface area (Å²) in [6.45, 7) is 6.18. The summed E-state index contributed by atoms with van der Waals surface area (Å²) in [5.74, 6) is 1.39. The van der Waals surface area contributed by atoms with E-state index in [0.29, 0.717) is 34.4 Å². The average molecular weight is 389 g/mol.